The first kappa shape index (κ1) is 14.5. The van der Waals surface area contributed by atoms with E-state index in [9.17, 15) is 4.79 Å². The van der Waals surface area contributed by atoms with Crippen LogP contribution in [0, 0.1) is 0 Å². The van der Waals surface area contributed by atoms with E-state index in [4.69, 9.17) is 5.11 Å². The highest BCUT2D eigenvalue weighted by Crippen LogP contribution is 2.27. The van der Waals surface area contributed by atoms with Gasteiger partial charge in [0, 0.05) is 16.6 Å². The Morgan fingerprint density at radius 2 is 2.21 bits per heavy atom. The standard InChI is InChI=1S/C15H20BrNO2/c1-10(2)17(9-15(18)19)14-6-4-11-7-13(16)5-3-12(11)8-14/h3,5,7,10,14H,4,6,8-9H2,1-2H3,(H,18,19). The number of aryl methyl sites for hydroxylation is 1. The van der Waals surface area contributed by atoms with Crippen LogP contribution in [0.2, 0.25) is 0 Å². The molecule has 2 rings (SSSR count). The Hall–Kier alpha value is -0.870. The predicted octanol–water partition coefficient (Wildman–Crippen LogP) is 3.10. The van der Waals surface area contributed by atoms with E-state index in [-0.39, 0.29) is 12.6 Å². The molecule has 1 atom stereocenters. The predicted molar refractivity (Wildman–Crippen MR) is 79.4 cm³/mol. The van der Waals surface area contributed by atoms with E-state index in [0.717, 1.165) is 23.7 Å². The number of carbonyl (C=O) groups is 1. The maximum Gasteiger partial charge on any atom is 0.317 e. The number of hydrogen-bond acceptors (Lipinski definition) is 2. The molecule has 1 aliphatic rings. The van der Waals surface area contributed by atoms with E-state index in [1.165, 1.54) is 11.1 Å². The molecule has 0 heterocycles. The number of carboxylic acids is 1. The third-order valence-corrected chi connectivity index (χ3v) is 4.31. The Balaban J connectivity index is 2.15. The van der Waals surface area contributed by atoms with Gasteiger partial charge in [0.05, 0.1) is 6.54 Å². The van der Waals surface area contributed by atoms with Gasteiger partial charge in [0.15, 0.2) is 0 Å². The molecule has 1 aliphatic carbocycles. The van der Waals surface area contributed by atoms with Gasteiger partial charge in [-0.3, -0.25) is 9.69 Å². The number of fused-ring (bicyclic) bond motifs is 1. The molecule has 19 heavy (non-hydrogen) atoms. The van der Waals surface area contributed by atoms with Crippen molar-refractivity contribution >= 4 is 21.9 Å². The van der Waals surface area contributed by atoms with Gasteiger partial charge >= 0.3 is 5.97 Å². The maximum atomic E-state index is 11.0. The highest BCUT2D eigenvalue weighted by atomic mass is 79.9. The van der Waals surface area contributed by atoms with Crippen molar-refractivity contribution in [2.75, 3.05) is 6.54 Å². The molecule has 0 saturated heterocycles. The molecule has 1 aromatic carbocycles. The SMILES string of the molecule is CC(C)N(CC(=O)O)C1CCc2cc(Br)ccc2C1. The third-order valence-electron chi connectivity index (χ3n) is 3.82. The van der Waals surface area contributed by atoms with Crippen LogP contribution >= 0.6 is 15.9 Å². The minimum Gasteiger partial charge on any atom is -0.480 e. The Labute approximate surface area is 122 Å². The van der Waals surface area contributed by atoms with Crippen molar-refractivity contribution in [2.45, 2.75) is 45.2 Å². The minimum atomic E-state index is -0.740. The summed E-state index contributed by atoms with van der Waals surface area (Å²) in [6, 6.07) is 7.01. The van der Waals surface area contributed by atoms with Gasteiger partial charge in [0.25, 0.3) is 0 Å². The molecule has 1 N–H and O–H groups in total. The van der Waals surface area contributed by atoms with E-state index in [0.29, 0.717) is 6.04 Å². The second-order valence-electron chi connectivity index (χ2n) is 5.47. The molecule has 0 radical (unpaired) electrons. The van der Waals surface area contributed by atoms with Crippen LogP contribution in [-0.4, -0.2) is 34.6 Å². The highest BCUT2D eigenvalue weighted by Gasteiger charge is 2.27. The van der Waals surface area contributed by atoms with Gasteiger partial charge < -0.3 is 5.11 Å². The number of nitrogens with zero attached hydrogens (tertiary/aromatic N) is 1. The summed E-state index contributed by atoms with van der Waals surface area (Å²) in [6.45, 7) is 4.27. The fraction of sp³-hybridized carbons (Fsp3) is 0.533. The zero-order valence-corrected chi connectivity index (χ0v) is 13.0. The summed E-state index contributed by atoms with van der Waals surface area (Å²) in [7, 11) is 0. The van der Waals surface area contributed by atoms with E-state index < -0.39 is 5.97 Å². The van der Waals surface area contributed by atoms with Crippen LogP contribution in [0.15, 0.2) is 22.7 Å². The second-order valence-corrected chi connectivity index (χ2v) is 6.39. The molecule has 1 aromatic rings. The lowest BCUT2D eigenvalue weighted by atomic mass is 9.87. The molecule has 1 unspecified atom stereocenters. The van der Waals surface area contributed by atoms with Crippen molar-refractivity contribution in [1.82, 2.24) is 4.90 Å². The molecular weight excluding hydrogens is 306 g/mol. The number of halogens is 1. The van der Waals surface area contributed by atoms with Crippen LogP contribution in [-0.2, 0) is 17.6 Å². The topological polar surface area (TPSA) is 40.5 Å². The zero-order valence-electron chi connectivity index (χ0n) is 11.4. The van der Waals surface area contributed by atoms with Crippen molar-refractivity contribution in [3.8, 4) is 0 Å². The van der Waals surface area contributed by atoms with E-state index in [2.05, 4.69) is 52.9 Å². The minimum absolute atomic E-state index is 0.133. The Morgan fingerprint density at radius 3 is 2.84 bits per heavy atom. The summed E-state index contributed by atoms with van der Waals surface area (Å²) in [4.78, 5) is 13.1. The summed E-state index contributed by atoms with van der Waals surface area (Å²) in [5, 5.41) is 9.05. The quantitative estimate of drug-likeness (QED) is 0.924. The smallest absolute Gasteiger partial charge is 0.317 e. The van der Waals surface area contributed by atoms with Crippen LogP contribution in [0.25, 0.3) is 0 Å². The van der Waals surface area contributed by atoms with Gasteiger partial charge in [0.1, 0.15) is 0 Å². The van der Waals surface area contributed by atoms with Crippen molar-refractivity contribution < 1.29 is 9.90 Å². The third kappa shape index (κ3) is 3.57. The fourth-order valence-corrected chi connectivity index (χ4v) is 3.29. The summed E-state index contributed by atoms with van der Waals surface area (Å²) in [6.07, 6.45) is 3.02. The van der Waals surface area contributed by atoms with Gasteiger partial charge in [0.2, 0.25) is 0 Å². The molecule has 0 spiro atoms. The molecular formula is C15H20BrNO2. The fourth-order valence-electron chi connectivity index (χ4n) is 2.88. The van der Waals surface area contributed by atoms with Gasteiger partial charge in [-0.2, -0.15) is 0 Å². The van der Waals surface area contributed by atoms with Gasteiger partial charge in [-0.05, 0) is 56.4 Å². The van der Waals surface area contributed by atoms with Crippen molar-refractivity contribution in [3.63, 3.8) is 0 Å². The average Bonchev–Trinajstić information content (AvgIpc) is 2.35. The molecule has 0 bridgehead atoms. The highest BCUT2D eigenvalue weighted by molar-refractivity contribution is 9.10. The molecule has 4 heteroatoms. The largest absolute Gasteiger partial charge is 0.480 e. The molecule has 0 fully saturated rings. The lowest BCUT2D eigenvalue weighted by molar-refractivity contribution is -0.139. The van der Waals surface area contributed by atoms with Crippen molar-refractivity contribution in [3.05, 3.63) is 33.8 Å². The lowest BCUT2D eigenvalue weighted by Gasteiger charge is -2.37. The van der Waals surface area contributed by atoms with E-state index >= 15 is 0 Å². The van der Waals surface area contributed by atoms with Crippen molar-refractivity contribution in [2.24, 2.45) is 0 Å². The molecule has 0 saturated carbocycles. The number of aliphatic carboxylic acids is 1. The summed E-state index contributed by atoms with van der Waals surface area (Å²) < 4.78 is 1.12. The average molecular weight is 326 g/mol. The lowest BCUT2D eigenvalue weighted by Crippen LogP contribution is -2.46. The summed E-state index contributed by atoms with van der Waals surface area (Å²) in [5.41, 5.74) is 2.75. The van der Waals surface area contributed by atoms with E-state index in [1.54, 1.807) is 0 Å². The Kier molecular flexibility index (Phi) is 4.63. The molecule has 0 aliphatic heterocycles. The number of benzene rings is 1. The van der Waals surface area contributed by atoms with Crippen LogP contribution in [0.1, 0.15) is 31.4 Å². The summed E-state index contributed by atoms with van der Waals surface area (Å²) in [5.74, 6) is -0.740. The van der Waals surface area contributed by atoms with E-state index in [1.807, 2.05) is 0 Å². The first-order valence-corrected chi connectivity index (χ1v) is 7.51. The molecule has 0 aromatic heterocycles. The molecule has 3 nitrogen and oxygen atoms in total. The zero-order chi connectivity index (χ0) is 14.0. The van der Waals surface area contributed by atoms with Crippen LogP contribution in [0.3, 0.4) is 0 Å². The van der Waals surface area contributed by atoms with Crippen LogP contribution in [0.5, 0.6) is 0 Å². The first-order chi connectivity index (χ1) is 8.97. The van der Waals surface area contributed by atoms with Crippen molar-refractivity contribution in [1.29, 1.82) is 0 Å². The van der Waals surface area contributed by atoms with Gasteiger partial charge in [-0.25, -0.2) is 0 Å². The number of carboxylic acid groups (broad SMARTS) is 1. The second kappa shape index (κ2) is 6.06. The van der Waals surface area contributed by atoms with Crippen LogP contribution in [0.4, 0.5) is 0 Å². The van der Waals surface area contributed by atoms with Crippen LogP contribution < -0.4 is 0 Å². The Bertz CT molecular complexity index is 473. The van der Waals surface area contributed by atoms with Gasteiger partial charge in [-0.1, -0.05) is 22.0 Å². The maximum absolute atomic E-state index is 11.0. The normalized spacial score (nSPS) is 18.7. The number of rotatable bonds is 4. The monoisotopic (exact) mass is 325 g/mol. The number of hydrogen-bond donors (Lipinski definition) is 1. The summed E-state index contributed by atoms with van der Waals surface area (Å²) >= 11 is 3.50. The molecule has 0 amide bonds. The first-order valence-electron chi connectivity index (χ1n) is 6.72. The Morgan fingerprint density at radius 1 is 1.47 bits per heavy atom. The van der Waals surface area contributed by atoms with Gasteiger partial charge in [-0.15, -0.1) is 0 Å². The molecule has 104 valence electrons.